The molecule has 0 saturated heterocycles. The Hall–Kier alpha value is -1.81. The summed E-state index contributed by atoms with van der Waals surface area (Å²) in [7, 11) is 1.65. The number of methoxy groups -OCH3 is 1. The smallest absolute Gasteiger partial charge is 0.314 e. The third-order valence-electron chi connectivity index (χ3n) is 3.65. The minimum Gasteiger partial charge on any atom is -0.496 e. The Morgan fingerprint density at radius 2 is 2.00 bits per heavy atom. The van der Waals surface area contributed by atoms with Crippen LogP contribution in [-0.4, -0.2) is 13.1 Å². The largest absolute Gasteiger partial charge is 0.496 e. The summed E-state index contributed by atoms with van der Waals surface area (Å²) in [5, 5.41) is 0. The van der Waals surface area contributed by atoms with Gasteiger partial charge in [0.2, 0.25) is 0 Å². The van der Waals surface area contributed by atoms with E-state index in [0.29, 0.717) is 5.75 Å². The maximum absolute atomic E-state index is 12.2. The third-order valence-corrected chi connectivity index (χ3v) is 4.14. The highest BCUT2D eigenvalue weighted by atomic mass is 79.9. The number of para-hydroxylation sites is 1. The van der Waals surface area contributed by atoms with E-state index in [4.69, 9.17) is 9.47 Å². The summed E-state index contributed by atoms with van der Waals surface area (Å²) in [5.74, 6) is 1.34. The van der Waals surface area contributed by atoms with E-state index in [0.717, 1.165) is 22.2 Å². The molecule has 0 heterocycles. The van der Waals surface area contributed by atoms with E-state index in [-0.39, 0.29) is 17.8 Å². The molecule has 1 aliphatic rings. The molecule has 2 atom stereocenters. The van der Waals surface area contributed by atoms with E-state index >= 15 is 0 Å². The van der Waals surface area contributed by atoms with Gasteiger partial charge in [0.05, 0.1) is 13.0 Å². The first-order chi connectivity index (χ1) is 10.2. The lowest BCUT2D eigenvalue weighted by Crippen LogP contribution is -2.11. The minimum atomic E-state index is -0.177. The molecule has 1 fully saturated rings. The van der Waals surface area contributed by atoms with Crippen LogP contribution in [0.1, 0.15) is 17.9 Å². The first-order valence-electron chi connectivity index (χ1n) is 6.79. The van der Waals surface area contributed by atoms with E-state index < -0.39 is 0 Å². The zero-order chi connectivity index (χ0) is 14.8. The fourth-order valence-electron chi connectivity index (χ4n) is 2.49. The van der Waals surface area contributed by atoms with Crippen LogP contribution in [0.25, 0.3) is 0 Å². The number of hydrogen-bond acceptors (Lipinski definition) is 3. The van der Waals surface area contributed by atoms with Crippen molar-refractivity contribution in [2.45, 2.75) is 12.3 Å². The second-order valence-electron chi connectivity index (χ2n) is 5.07. The van der Waals surface area contributed by atoms with Crippen molar-refractivity contribution in [2.24, 2.45) is 5.92 Å². The van der Waals surface area contributed by atoms with E-state index in [1.807, 2.05) is 36.4 Å². The van der Waals surface area contributed by atoms with E-state index in [1.54, 1.807) is 19.2 Å². The first kappa shape index (κ1) is 14.1. The normalized spacial score (nSPS) is 19.9. The number of esters is 1. The van der Waals surface area contributed by atoms with Crippen molar-refractivity contribution in [3.63, 3.8) is 0 Å². The first-order valence-corrected chi connectivity index (χ1v) is 7.58. The topological polar surface area (TPSA) is 35.5 Å². The van der Waals surface area contributed by atoms with Gasteiger partial charge in [-0.3, -0.25) is 4.79 Å². The highest BCUT2D eigenvalue weighted by molar-refractivity contribution is 9.10. The number of benzene rings is 2. The van der Waals surface area contributed by atoms with Crippen molar-refractivity contribution in [1.82, 2.24) is 0 Å². The molecule has 0 aromatic heterocycles. The molecule has 0 radical (unpaired) electrons. The Kier molecular flexibility index (Phi) is 3.97. The van der Waals surface area contributed by atoms with Crippen LogP contribution in [0.4, 0.5) is 0 Å². The molecule has 4 heteroatoms. The van der Waals surface area contributed by atoms with Gasteiger partial charge in [-0.25, -0.2) is 0 Å². The molecule has 0 N–H and O–H groups in total. The zero-order valence-corrected chi connectivity index (χ0v) is 13.2. The molecule has 21 heavy (non-hydrogen) atoms. The average molecular weight is 347 g/mol. The van der Waals surface area contributed by atoms with Crippen LogP contribution in [0, 0.1) is 5.92 Å². The SMILES string of the molecule is COc1ccccc1C1CC1C(=O)Oc1cccc(Br)c1. The predicted octanol–water partition coefficient (Wildman–Crippen LogP) is 4.17. The highest BCUT2D eigenvalue weighted by Crippen LogP contribution is 2.50. The fourth-order valence-corrected chi connectivity index (χ4v) is 2.87. The maximum atomic E-state index is 12.2. The summed E-state index contributed by atoms with van der Waals surface area (Å²) in [6.45, 7) is 0. The molecule has 3 nitrogen and oxygen atoms in total. The number of carbonyl (C=O) groups excluding carboxylic acids is 1. The monoisotopic (exact) mass is 346 g/mol. The summed E-state index contributed by atoms with van der Waals surface area (Å²) in [5.41, 5.74) is 1.08. The second-order valence-corrected chi connectivity index (χ2v) is 5.98. The van der Waals surface area contributed by atoms with Crippen LogP contribution in [-0.2, 0) is 4.79 Å². The predicted molar refractivity (Wildman–Crippen MR) is 83.6 cm³/mol. The third kappa shape index (κ3) is 3.10. The molecule has 2 aromatic carbocycles. The Labute approximate surface area is 132 Å². The Balaban J connectivity index is 1.69. The molecule has 0 bridgehead atoms. The van der Waals surface area contributed by atoms with Gasteiger partial charge in [-0.1, -0.05) is 40.2 Å². The Bertz CT molecular complexity index is 669. The van der Waals surface area contributed by atoms with Crippen molar-refractivity contribution in [1.29, 1.82) is 0 Å². The molecule has 3 rings (SSSR count). The summed E-state index contributed by atoms with van der Waals surface area (Å²) in [6.07, 6.45) is 0.813. The standard InChI is InChI=1S/C17H15BrO3/c1-20-16-8-3-2-7-13(16)14-10-15(14)17(19)21-12-6-4-5-11(18)9-12/h2-9,14-15H,10H2,1H3. The lowest BCUT2D eigenvalue weighted by Gasteiger charge is -2.08. The average Bonchev–Trinajstić information content (AvgIpc) is 3.27. The molecule has 108 valence electrons. The number of halogens is 1. The van der Waals surface area contributed by atoms with E-state index in [1.165, 1.54) is 0 Å². The Morgan fingerprint density at radius 3 is 2.76 bits per heavy atom. The molecule has 1 aliphatic carbocycles. The Morgan fingerprint density at radius 1 is 1.19 bits per heavy atom. The number of carbonyl (C=O) groups is 1. The van der Waals surface area contributed by atoms with Gasteiger partial charge in [0.15, 0.2) is 0 Å². The molecule has 2 aromatic rings. The quantitative estimate of drug-likeness (QED) is 0.615. The lowest BCUT2D eigenvalue weighted by molar-refractivity contribution is -0.135. The number of hydrogen-bond donors (Lipinski definition) is 0. The number of ether oxygens (including phenoxy) is 2. The van der Waals surface area contributed by atoms with Crippen molar-refractivity contribution >= 4 is 21.9 Å². The van der Waals surface area contributed by atoms with Crippen LogP contribution in [0.5, 0.6) is 11.5 Å². The van der Waals surface area contributed by atoms with E-state index in [2.05, 4.69) is 15.9 Å². The van der Waals surface area contributed by atoms with Crippen molar-refractivity contribution in [3.05, 3.63) is 58.6 Å². The second kappa shape index (κ2) is 5.90. The summed E-state index contributed by atoms with van der Waals surface area (Å²) < 4.78 is 11.7. The maximum Gasteiger partial charge on any atom is 0.314 e. The molecule has 0 spiro atoms. The van der Waals surface area contributed by atoms with Crippen molar-refractivity contribution in [2.75, 3.05) is 7.11 Å². The summed E-state index contributed by atoms with van der Waals surface area (Å²) in [4.78, 5) is 12.2. The van der Waals surface area contributed by atoms with Gasteiger partial charge >= 0.3 is 5.97 Å². The van der Waals surface area contributed by atoms with Gasteiger partial charge in [-0.05, 0) is 36.2 Å². The van der Waals surface area contributed by atoms with Gasteiger partial charge in [-0.2, -0.15) is 0 Å². The molecule has 2 unspecified atom stereocenters. The van der Waals surface area contributed by atoms with Crippen molar-refractivity contribution in [3.8, 4) is 11.5 Å². The molecule has 0 aliphatic heterocycles. The number of rotatable bonds is 4. The van der Waals surface area contributed by atoms with E-state index in [9.17, 15) is 4.79 Å². The van der Waals surface area contributed by atoms with Gasteiger partial charge in [0.25, 0.3) is 0 Å². The molecule has 0 amide bonds. The summed E-state index contributed by atoms with van der Waals surface area (Å²) in [6, 6.07) is 15.1. The molecular weight excluding hydrogens is 332 g/mol. The zero-order valence-electron chi connectivity index (χ0n) is 11.6. The minimum absolute atomic E-state index is 0.0831. The highest BCUT2D eigenvalue weighted by Gasteiger charge is 2.46. The van der Waals surface area contributed by atoms with Crippen LogP contribution < -0.4 is 9.47 Å². The molecular formula is C17H15BrO3. The molecule has 1 saturated carbocycles. The van der Waals surface area contributed by atoms with Crippen LogP contribution in [0.2, 0.25) is 0 Å². The fraction of sp³-hybridized carbons (Fsp3) is 0.235. The lowest BCUT2D eigenvalue weighted by atomic mass is 10.1. The van der Waals surface area contributed by atoms with Gasteiger partial charge in [0.1, 0.15) is 11.5 Å². The van der Waals surface area contributed by atoms with Gasteiger partial charge in [-0.15, -0.1) is 0 Å². The van der Waals surface area contributed by atoms with Crippen LogP contribution >= 0.6 is 15.9 Å². The summed E-state index contributed by atoms with van der Waals surface area (Å²) >= 11 is 3.36. The van der Waals surface area contributed by atoms with Gasteiger partial charge in [0, 0.05) is 10.4 Å². The van der Waals surface area contributed by atoms with Crippen LogP contribution in [0.3, 0.4) is 0 Å². The van der Waals surface area contributed by atoms with Crippen molar-refractivity contribution < 1.29 is 14.3 Å². The van der Waals surface area contributed by atoms with Gasteiger partial charge < -0.3 is 9.47 Å². The van der Waals surface area contributed by atoms with Crippen LogP contribution in [0.15, 0.2) is 53.0 Å².